The van der Waals surface area contributed by atoms with Crippen LogP contribution in [-0.2, 0) is 11.2 Å². The van der Waals surface area contributed by atoms with Crippen LogP contribution in [0.5, 0.6) is 0 Å². The Morgan fingerprint density at radius 1 is 1.17 bits per heavy atom. The Morgan fingerprint density at radius 2 is 1.88 bits per heavy atom. The molecule has 3 rings (SSSR count). The van der Waals surface area contributed by atoms with Gasteiger partial charge in [0, 0.05) is 13.0 Å². The van der Waals surface area contributed by atoms with Gasteiger partial charge in [0.25, 0.3) is 0 Å². The molecule has 1 atom stereocenters. The molecule has 0 aromatic heterocycles. The molecule has 3 nitrogen and oxygen atoms in total. The predicted octanol–water partition coefficient (Wildman–Crippen LogP) is 3.99. The average Bonchev–Trinajstić information content (AvgIpc) is 3.10. The zero-order valence-electron chi connectivity index (χ0n) is 13.4. The summed E-state index contributed by atoms with van der Waals surface area (Å²) in [6, 6.07) is 15.9. The van der Waals surface area contributed by atoms with Crippen molar-refractivity contribution in [2.75, 3.05) is 6.54 Å². The molecule has 1 unspecified atom stereocenters. The molecule has 4 heteroatoms. The third-order valence-corrected chi connectivity index (χ3v) is 4.54. The highest BCUT2D eigenvalue weighted by Crippen LogP contribution is 2.32. The number of nitrogens with zero attached hydrogens (tertiary/aromatic N) is 2. The van der Waals surface area contributed by atoms with Gasteiger partial charge in [0.1, 0.15) is 5.82 Å². The van der Waals surface area contributed by atoms with Gasteiger partial charge in [-0.2, -0.15) is 5.26 Å². The largest absolute Gasteiger partial charge is 0.336 e. The molecule has 1 aliphatic heterocycles. The maximum atomic E-state index is 13.1. The van der Waals surface area contributed by atoms with Crippen LogP contribution in [0.1, 0.15) is 42.0 Å². The van der Waals surface area contributed by atoms with Crippen LogP contribution in [0.25, 0.3) is 0 Å². The number of amides is 1. The van der Waals surface area contributed by atoms with Crippen molar-refractivity contribution in [3.05, 3.63) is 71.0 Å². The van der Waals surface area contributed by atoms with E-state index in [-0.39, 0.29) is 17.8 Å². The van der Waals surface area contributed by atoms with E-state index in [0.717, 1.165) is 30.5 Å². The molecule has 0 spiro atoms. The summed E-state index contributed by atoms with van der Waals surface area (Å²) in [5.41, 5.74) is 2.68. The van der Waals surface area contributed by atoms with Gasteiger partial charge in [-0.25, -0.2) is 4.39 Å². The summed E-state index contributed by atoms with van der Waals surface area (Å²) in [7, 11) is 0. The molecule has 2 aromatic carbocycles. The fourth-order valence-electron chi connectivity index (χ4n) is 3.24. The number of hydrogen-bond donors (Lipinski definition) is 0. The van der Waals surface area contributed by atoms with Crippen LogP contribution in [0.4, 0.5) is 4.39 Å². The van der Waals surface area contributed by atoms with Crippen molar-refractivity contribution in [1.29, 1.82) is 5.26 Å². The summed E-state index contributed by atoms with van der Waals surface area (Å²) < 4.78 is 13.1. The lowest BCUT2D eigenvalue weighted by Gasteiger charge is -2.25. The minimum absolute atomic E-state index is 0.0547. The first-order valence-corrected chi connectivity index (χ1v) is 8.21. The van der Waals surface area contributed by atoms with Gasteiger partial charge in [-0.15, -0.1) is 0 Å². The second kappa shape index (κ2) is 7.27. The van der Waals surface area contributed by atoms with Crippen molar-refractivity contribution in [2.24, 2.45) is 0 Å². The standard InChI is InChI=1S/C20H19FN2O/c21-18-10-8-17(9-11-18)19-2-1-13-23(19)20(24)12-7-15-3-5-16(14-22)6-4-15/h3-6,8-11,19H,1-2,7,12-13H2. The molecule has 0 aliphatic carbocycles. The molecular formula is C20H19FN2O. The van der Waals surface area contributed by atoms with Crippen molar-refractivity contribution >= 4 is 5.91 Å². The highest BCUT2D eigenvalue weighted by molar-refractivity contribution is 5.77. The van der Waals surface area contributed by atoms with E-state index in [2.05, 4.69) is 6.07 Å². The number of nitriles is 1. The normalized spacial score (nSPS) is 16.8. The van der Waals surface area contributed by atoms with Gasteiger partial charge in [-0.1, -0.05) is 24.3 Å². The van der Waals surface area contributed by atoms with E-state index >= 15 is 0 Å². The molecule has 0 bridgehead atoms. The summed E-state index contributed by atoms with van der Waals surface area (Å²) >= 11 is 0. The van der Waals surface area contributed by atoms with Crippen LogP contribution in [-0.4, -0.2) is 17.4 Å². The van der Waals surface area contributed by atoms with E-state index in [1.54, 1.807) is 24.3 Å². The van der Waals surface area contributed by atoms with E-state index in [4.69, 9.17) is 5.26 Å². The number of halogens is 1. The Labute approximate surface area is 141 Å². The third kappa shape index (κ3) is 3.62. The lowest BCUT2D eigenvalue weighted by atomic mass is 10.0. The Morgan fingerprint density at radius 3 is 2.54 bits per heavy atom. The minimum Gasteiger partial charge on any atom is -0.336 e. The van der Waals surface area contributed by atoms with Gasteiger partial charge in [-0.3, -0.25) is 4.79 Å². The minimum atomic E-state index is -0.254. The van der Waals surface area contributed by atoms with E-state index in [1.807, 2.05) is 17.0 Å². The number of aryl methyl sites for hydroxylation is 1. The van der Waals surface area contributed by atoms with Crippen LogP contribution in [0.2, 0.25) is 0 Å². The Bertz CT molecular complexity index is 747. The first-order chi connectivity index (χ1) is 11.7. The van der Waals surface area contributed by atoms with Crippen molar-refractivity contribution in [2.45, 2.75) is 31.7 Å². The van der Waals surface area contributed by atoms with Crippen LogP contribution < -0.4 is 0 Å². The number of carbonyl (C=O) groups excluding carboxylic acids is 1. The summed E-state index contributed by atoms with van der Waals surface area (Å²) in [4.78, 5) is 14.5. The second-order valence-corrected chi connectivity index (χ2v) is 6.11. The SMILES string of the molecule is N#Cc1ccc(CCC(=O)N2CCCC2c2ccc(F)cc2)cc1. The van der Waals surface area contributed by atoms with E-state index < -0.39 is 0 Å². The Kier molecular flexibility index (Phi) is 4.90. The topological polar surface area (TPSA) is 44.1 Å². The van der Waals surface area contributed by atoms with Crippen LogP contribution in [0.15, 0.2) is 48.5 Å². The number of likely N-dealkylation sites (tertiary alicyclic amines) is 1. The van der Waals surface area contributed by atoms with E-state index in [0.29, 0.717) is 18.4 Å². The maximum absolute atomic E-state index is 13.1. The van der Waals surface area contributed by atoms with Crippen molar-refractivity contribution in [3.8, 4) is 6.07 Å². The molecule has 1 aliphatic rings. The van der Waals surface area contributed by atoms with Gasteiger partial charge in [0.05, 0.1) is 17.7 Å². The van der Waals surface area contributed by atoms with Gasteiger partial charge in [0.15, 0.2) is 0 Å². The molecule has 1 heterocycles. The number of hydrogen-bond acceptors (Lipinski definition) is 2. The second-order valence-electron chi connectivity index (χ2n) is 6.11. The third-order valence-electron chi connectivity index (χ3n) is 4.54. The van der Waals surface area contributed by atoms with E-state index in [1.165, 1.54) is 12.1 Å². The van der Waals surface area contributed by atoms with Gasteiger partial charge in [-0.05, 0) is 54.7 Å². The molecular weight excluding hydrogens is 303 g/mol. The molecule has 0 radical (unpaired) electrons. The summed E-state index contributed by atoms with van der Waals surface area (Å²) in [6.07, 6.45) is 3.01. The molecule has 24 heavy (non-hydrogen) atoms. The van der Waals surface area contributed by atoms with Gasteiger partial charge < -0.3 is 4.90 Å². The lowest BCUT2D eigenvalue weighted by molar-refractivity contribution is -0.132. The summed E-state index contributed by atoms with van der Waals surface area (Å²) in [5, 5.41) is 8.81. The van der Waals surface area contributed by atoms with E-state index in [9.17, 15) is 9.18 Å². The molecule has 0 N–H and O–H groups in total. The van der Waals surface area contributed by atoms with Gasteiger partial charge in [0.2, 0.25) is 5.91 Å². The Balaban J connectivity index is 1.63. The lowest BCUT2D eigenvalue weighted by Crippen LogP contribution is -2.30. The van der Waals surface area contributed by atoms with Gasteiger partial charge >= 0.3 is 0 Å². The Hall–Kier alpha value is -2.67. The van der Waals surface area contributed by atoms with Crippen molar-refractivity contribution < 1.29 is 9.18 Å². The fourth-order valence-corrected chi connectivity index (χ4v) is 3.24. The van der Waals surface area contributed by atoms with Crippen molar-refractivity contribution in [3.63, 3.8) is 0 Å². The molecule has 1 amide bonds. The highest BCUT2D eigenvalue weighted by Gasteiger charge is 2.29. The molecule has 122 valence electrons. The quantitative estimate of drug-likeness (QED) is 0.854. The zero-order valence-corrected chi connectivity index (χ0v) is 13.4. The zero-order chi connectivity index (χ0) is 16.9. The first-order valence-electron chi connectivity index (χ1n) is 8.21. The molecule has 1 fully saturated rings. The summed E-state index contributed by atoms with van der Waals surface area (Å²) in [6.45, 7) is 0.758. The smallest absolute Gasteiger partial charge is 0.223 e. The molecule has 2 aromatic rings. The number of benzene rings is 2. The number of carbonyl (C=O) groups is 1. The van der Waals surface area contributed by atoms with Crippen LogP contribution in [0.3, 0.4) is 0 Å². The monoisotopic (exact) mass is 322 g/mol. The highest BCUT2D eigenvalue weighted by atomic mass is 19.1. The average molecular weight is 322 g/mol. The van der Waals surface area contributed by atoms with Crippen LogP contribution >= 0.6 is 0 Å². The maximum Gasteiger partial charge on any atom is 0.223 e. The fraction of sp³-hybridized carbons (Fsp3) is 0.300. The molecule has 1 saturated heterocycles. The summed E-state index contributed by atoms with van der Waals surface area (Å²) in [5.74, 6) is -0.123. The van der Waals surface area contributed by atoms with Crippen molar-refractivity contribution in [1.82, 2.24) is 4.90 Å². The number of rotatable bonds is 4. The first kappa shape index (κ1) is 16.2. The molecule has 0 saturated carbocycles. The van der Waals surface area contributed by atoms with Crippen LogP contribution in [0, 0.1) is 17.1 Å². The predicted molar refractivity (Wildman–Crippen MR) is 89.6 cm³/mol.